The Kier molecular flexibility index (Phi) is 3.01. The minimum atomic E-state index is 0.407. The van der Waals surface area contributed by atoms with Crippen molar-refractivity contribution in [3.8, 4) is 0 Å². The molecule has 3 heteroatoms. The Morgan fingerprint density at radius 3 is 2.90 bits per heavy atom. The van der Waals surface area contributed by atoms with Crippen LogP contribution in [-0.4, -0.2) is 36.8 Å². The number of thiol groups is 1. The molecule has 0 amide bonds. The summed E-state index contributed by atoms with van der Waals surface area (Å²) >= 11 is 4.41. The monoisotopic (exact) mass is 160 g/mol. The van der Waals surface area contributed by atoms with Crippen LogP contribution in [0.2, 0.25) is 0 Å². The van der Waals surface area contributed by atoms with E-state index in [2.05, 4.69) is 24.6 Å². The van der Waals surface area contributed by atoms with Gasteiger partial charge in [0.25, 0.3) is 0 Å². The topological polar surface area (TPSA) is 29.3 Å². The molecule has 2 unspecified atom stereocenters. The third kappa shape index (κ3) is 1.87. The second-order valence-corrected chi connectivity index (χ2v) is 3.78. The fourth-order valence-electron chi connectivity index (χ4n) is 1.48. The van der Waals surface area contributed by atoms with Gasteiger partial charge in [-0.1, -0.05) is 0 Å². The van der Waals surface area contributed by atoms with Crippen LogP contribution in [0.1, 0.15) is 6.42 Å². The second-order valence-electron chi connectivity index (χ2n) is 3.11. The Hall–Kier alpha value is 0.270. The molecular weight excluding hydrogens is 144 g/mol. The number of rotatable bonds is 2. The fourth-order valence-corrected chi connectivity index (χ4v) is 1.72. The minimum absolute atomic E-state index is 0.407. The molecule has 0 aromatic carbocycles. The van der Waals surface area contributed by atoms with E-state index < -0.39 is 0 Å². The van der Waals surface area contributed by atoms with E-state index in [4.69, 9.17) is 5.73 Å². The average Bonchev–Trinajstić information content (AvgIpc) is 2.34. The maximum absolute atomic E-state index is 5.50. The van der Waals surface area contributed by atoms with Crippen LogP contribution in [0.3, 0.4) is 0 Å². The number of hydrogen-bond donors (Lipinski definition) is 2. The van der Waals surface area contributed by atoms with Gasteiger partial charge >= 0.3 is 0 Å². The molecule has 1 aliphatic rings. The summed E-state index contributed by atoms with van der Waals surface area (Å²) in [7, 11) is 2.15. The summed E-state index contributed by atoms with van der Waals surface area (Å²) in [6.07, 6.45) is 1.27. The van der Waals surface area contributed by atoms with E-state index in [1.54, 1.807) is 0 Å². The summed E-state index contributed by atoms with van der Waals surface area (Å²) < 4.78 is 0. The van der Waals surface area contributed by atoms with Crippen LogP contribution in [0.25, 0.3) is 0 Å². The van der Waals surface area contributed by atoms with Crippen molar-refractivity contribution in [2.24, 2.45) is 11.7 Å². The summed E-state index contributed by atoms with van der Waals surface area (Å²) in [5, 5.41) is 0.407. The van der Waals surface area contributed by atoms with E-state index in [-0.39, 0.29) is 0 Å². The average molecular weight is 160 g/mol. The fraction of sp³-hybridized carbons (Fsp3) is 1.00. The van der Waals surface area contributed by atoms with Crippen LogP contribution in [0.4, 0.5) is 0 Å². The lowest BCUT2D eigenvalue weighted by Crippen LogP contribution is -2.26. The van der Waals surface area contributed by atoms with Crippen molar-refractivity contribution < 1.29 is 0 Å². The van der Waals surface area contributed by atoms with Crippen molar-refractivity contribution >= 4 is 12.6 Å². The molecule has 0 bridgehead atoms. The predicted molar refractivity (Wildman–Crippen MR) is 47.4 cm³/mol. The van der Waals surface area contributed by atoms with E-state index in [9.17, 15) is 0 Å². The lowest BCUT2D eigenvalue weighted by atomic mass is 10.1. The highest BCUT2D eigenvalue weighted by Gasteiger charge is 2.24. The van der Waals surface area contributed by atoms with E-state index in [0.29, 0.717) is 11.8 Å². The number of nitrogens with zero attached hydrogens (tertiary/aromatic N) is 1. The molecule has 0 aromatic heterocycles. The molecule has 1 aliphatic heterocycles. The van der Waals surface area contributed by atoms with E-state index in [1.807, 2.05) is 0 Å². The third-order valence-corrected chi connectivity index (χ3v) is 2.85. The largest absolute Gasteiger partial charge is 0.329 e. The standard InChI is InChI=1S/C7H16N2S/c1-9-3-2-6(5-9)7(10)4-8/h6-7,10H,2-5,8H2,1H3. The van der Waals surface area contributed by atoms with Crippen molar-refractivity contribution in [3.05, 3.63) is 0 Å². The van der Waals surface area contributed by atoms with Gasteiger partial charge in [-0.15, -0.1) is 0 Å². The highest BCUT2D eigenvalue weighted by molar-refractivity contribution is 7.81. The van der Waals surface area contributed by atoms with Gasteiger partial charge in [0.15, 0.2) is 0 Å². The molecule has 1 rings (SSSR count). The number of hydrogen-bond acceptors (Lipinski definition) is 3. The molecular formula is C7H16N2S. The molecule has 2 N–H and O–H groups in total. The van der Waals surface area contributed by atoms with Gasteiger partial charge in [0.05, 0.1) is 0 Å². The highest BCUT2D eigenvalue weighted by Crippen LogP contribution is 2.20. The zero-order valence-electron chi connectivity index (χ0n) is 6.45. The molecule has 10 heavy (non-hydrogen) atoms. The lowest BCUT2D eigenvalue weighted by molar-refractivity contribution is 0.392. The van der Waals surface area contributed by atoms with E-state index in [0.717, 1.165) is 5.92 Å². The first kappa shape index (κ1) is 8.37. The summed E-state index contributed by atoms with van der Waals surface area (Å²) in [6.45, 7) is 3.09. The predicted octanol–water partition coefficient (Wildman–Crippen LogP) is 0.195. The molecule has 0 radical (unpaired) electrons. The SMILES string of the molecule is CN1CCC(C(S)CN)C1. The van der Waals surface area contributed by atoms with Crippen LogP contribution in [-0.2, 0) is 0 Å². The Morgan fingerprint density at radius 2 is 2.50 bits per heavy atom. The zero-order chi connectivity index (χ0) is 7.56. The van der Waals surface area contributed by atoms with Crippen LogP contribution < -0.4 is 5.73 Å². The zero-order valence-corrected chi connectivity index (χ0v) is 7.35. The quantitative estimate of drug-likeness (QED) is 0.565. The van der Waals surface area contributed by atoms with Crippen molar-refractivity contribution in [2.75, 3.05) is 26.7 Å². The van der Waals surface area contributed by atoms with Gasteiger partial charge in [-0.2, -0.15) is 12.6 Å². The summed E-state index contributed by atoms with van der Waals surface area (Å²) in [4.78, 5) is 2.34. The van der Waals surface area contributed by atoms with Crippen LogP contribution in [0, 0.1) is 5.92 Å². The van der Waals surface area contributed by atoms with Crippen molar-refractivity contribution in [1.82, 2.24) is 4.90 Å². The first-order valence-electron chi connectivity index (χ1n) is 3.80. The number of likely N-dealkylation sites (tertiary alicyclic amines) is 1. The summed E-state index contributed by atoms with van der Waals surface area (Å²) in [6, 6.07) is 0. The van der Waals surface area contributed by atoms with E-state index in [1.165, 1.54) is 19.5 Å². The first-order chi connectivity index (χ1) is 4.74. The highest BCUT2D eigenvalue weighted by atomic mass is 32.1. The smallest absolute Gasteiger partial charge is 0.0180 e. The van der Waals surface area contributed by atoms with Crippen LogP contribution in [0.15, 0.2) is 0 Å². The van der Waals surface area contributed by atoms with Gasteiger partial charge < -0.3 is 10.6 Å². The molecule has 1 saturated heterocycles. The summed E-state index contributed by atoms with van der Waals surface area (Å²) in [5.41, 5.74) is 5.50. The van der Waals surface area contributed by atoms with Gasteiger partial charge in [0, 0.05) is 18.3 Å². The molecule has 2 nitrogen and oxygen atoms in total. The van der Waals surface area contributed by atoms with Crippen LogP contribution >= 0.6 is 12.6 Å². The molecule has 0 saturated carbocycles. The maximum atomic E-state index is 5.50. The molecule has 0 aliphatic carbocycles. The summed E-state index contributed by atoms with van der Waals surface area (Å²) in [5.74, 6) is 0.721. The number of nitrogens with two attached hydrogens (primary N) is 1. The van der Waals surface area contributed by atoms with Crippen LogP contribution in [0.5, 0.6) is 0 Å². The third-order valence-electron chi connectivity index (χ3n) is 2.21. The molecule has 2 atom stereocenters. The Labute approximate surface area is 68.2 Å². The van der Waals surface area contributed by atoms with E-state index >= 15 is 0 Å². The lowest BCUT2D eigenvalue weighted by Gasteiger charge is -2.15. The Bertz CT molecular complexity index is 108. The van der Waals surface area contributed by atoms with Gasteiger partial charge in [0.1, 0.15) is 0 Å². The Balaban J connectivity index is 2.29. The van der Waals surface area contributed by atoms with Gasteiger partial charge in [-0.3, -0.25) is 0 Å². The molecule has 1 fully saturated rings. The Morgan fingerprint density at radius 1 is 1.80 bits per heavy atom. The van der Waals surface area contributed by atoms with Gasteiger partial charge in [-0.05, 0) is 25.9 Å². The molecule has 0 aromatic rings. The maximum Gasteiger partial charge on any atom is 0.0180 e. The molecule has 60 valence electrons. The van der Waals surface area contributed by atoms with Crippen molar-refractivity contribution in [2.45, 2.75) is 11.7 Å². The minimum Gasteiger partial charge on any atom is -0.329 e. The van der Waals surface area contributed by atoms with Crippen molar-refractivity contribution in [1.29, 1.82) is 0 Å². The van der Waals surface area contributed by atoms with Gasteiger partial charge in [0.2, 0.25) is 0 Å². The second kappa shape index (κ2) is 3.60. The van der Waals surface area contributed by atoms with Gasteiger partial charge in [-0.25, -0.2) is 0 Å². The molecule has 0 spiro atoms. The molecule has 1 heterocycles. The first-order valence-corrected chi connectivity index (χ1v) is 4.32. The normalized spacial score (nSPS) is 30.9. The van der Waals surface area contributed by atoms with Crippen molar-refractivity contribution in [3.63, 3.8) is 0 Å².